The molecule has 3 aromatic heterocycles. The molecule has 0 aliphatic carbocycles. The zero-order valence-corrected chi connectivity index (χ0v) is 25.7. The highest BCUT2D eigenvalue weighted by molar-refractivity contribution is 7.23. The van der Waals surface area contributed by atoms with E-state index in [1.165, 1.54) is 18.0 Å². The lowest BCUT2D eigenvalue weighted by Crippen LogP contribution is -2.53. The summed E-state index contributed by atoms with van der Waals surface area (Å²) in [6, 6.07) is 4.69. The zero-order chi connectivity index (χ0) is 31.9. The fourth-order valence-electron chi connectivity index (χ4n) is 6.26. The van der Waals surface area contributed by atoms with Crippen LogP contribution in [0.3, 0.4) is 0 Å². The SMILES string of the molecule is COCCn1cc(C(=O)NCc2nc(-c3sc4c(N[C@@H]5C[C@H]6CC[C@@H]([C@@H]5F)N6C)cccc4c3CC(F)(F)F)no2)c(OC)n1. The van der Waals surface area contributed by atoms with Crippen LogP contribution in [-0.4, -0.2) is 89.1 Å². The average molecular weight is 652 g/mol. The van der Waals surface area contributed by atoms with E-state index in [0.717, 1.165) is 24.2 Å². The molecule has 2 saturated heterocycles. The van der Waals surface area contributed by atoms with Crippen molar-refractivity contribution in [3.63, 3.8) is 0 Å². The highest BCUT2D eigenvalue weighted by Crippen LogP contribution is 2.45. The Morgan fingerprint density at radius 2 is 2.07 bits per heavy atom. The molecule has 2 aliphatic heterocycles. The first kappa shape index (κ1) is 31.2. The Bertz CT molecular complexity index is 1670. The Morgan fingerprint density at radius 1 is 1.24 bits per heavy atom. The van der Waals surface area contributed by atoms with Crippen molar-refractivity contribution in [2.75, 3.05) is 33.2 Å². The summed E-state index contributed by atoms with van der Waals surface area (Å²) < 4.78 is 74.5. The number of fused-ring (bicyclic) bond motifs is 3. The molecule has 6 rings (SSSR count). The maximum absolute atomic E-state index is 15.5. The van der Waals surface area contributed by atoms with Gasteiger partial charge in [-0.15, -0.1) is 16.4 Å². The largest absolute Gasteiger partial charge is 0.479 e. The van der Waals surface area contributed by atoms with E-state index in [9.17, 15) is 18.0 Å². The molecule has 2 fully saturated rings. The standard InChI is InChI=1S/C29H33F4N7O4S/c1-39-15-7-8-21(39)23(30)20(11-15)35-19-6-4-5-16-17(12-29(31,32)33)25(45-24(16)19)26-36-22(44-38-26)13-34-27(41)18-14-40(9-10-42-2)37-28(18)43-3/h4-6,14-15,20-21,23,35H,7-13H2,1-3H3,(H,34,41)/t15-,20-,21+,23-/m1/s1. The summed E-state index contributed by atoms with van der Waals surface area (Å²) in [5.41, 5.74) is 0.759. The minimum absolute atomic E-state index is 0.0000679. The molecule has 16 heteroatoms. The van der Waals surface area contributed by atoms with E-state index in [4.69, 9.17) is 14.0 Å². The molecule has 4 aromatic rings. The van der Waals surface area contributed by atoms with Gasteiger partial charge >= 0.3 is 6.18 Å². The van der Waals surface area contributed by atoms with Crippen molar-refractivity contribution in [1.29, 1.82) is 0 Å². The molecule has 5 heterocycles. The predicted octanol–water partition coefficient (Wildman–Crippen LogP) is 4.82. The zero-order valence-electron chi connectivity index (χ0n) is 24.9. The van der Waals surface area contributed by atoms with E-state index >= 15 is 4.39 Å². The third-order valence-corrected chi connectivity index (χ3v) is 9.75. The molecule has 0 unspecified atom stereocenters. The van der Waals surface area contributed by atoms with Crippen LogP contribution in [-0.2, 0) is 24.2 Å². The number of hydrogen-bond acceptors (Lipinski definition) is 10. The summed E-state index contributed by atoms with van der Waals surface area (Å²) in [5.74, 6) is -0.427. The summed E-state index contributed by atoms with van der Waals surface area (Å²) in [6.45, 7) is 0.617. The molecule has 4 atom stereocenters. The van der Waals surface area contributed by atoms with Gasteiger partial charge in [-0.2, -0.15) is 18.2 Å². The Morgan fingerprint density at radius 3 is 2.82 bits per heavy atom. The first-order valence-corrected chi connectivity index (χ1v) is 15.3. The number of methoxy groups -OCH3 is 2. The number of nitrogens with one attached hydrogen (secondary N) is 2. The number of aromatic nitrogens is 4. The van der Waals surface area contributed by atoms with Crippen molar-refractivity contribution in [3.8, 4) is 16.6 Å². The lowest BCUT2D eigenvalue weighted by atomic mass is 9.95. The van der Waals surface area contributed by atoms with Crippen LogP contribution >= 0.6 is 11.3 Å². The smallest absolute Gasteiger partial charge is 0.393 e. The Hall–Kier alpha value is -3.76. The first-order valence-electron chi connectivity index (χ1n) is 14.5. The minimum atomic E-state index is -4.50. The molecule has 0 spiro atoms. The van der Waals surface area contributed by atoms with Gasteiger partial charge in [-0.05, 0) is 43.3 Å². The molecular formula is C29H33F4N7O4S. The normalized spacial score (nSPS) is 21.8. The summed E-state index contributed by atoms with van der Waals surface area (Å²) in [7, 11) is 4.89. The number of alkyl halides is 4. The van der Waals surface area contributed by atoms with E-state index in [0.29, 0.717) is 35.3 Å². The van der Waals surface area contributed by atoms with Crippen LogP contribution in [0.25, 0.3) is 20.8 Å². The summed E-state index contributed by atoms with van der Waals surface area (Å²) in [5, 5.41) is 14.5. The molecule has 45 heavy (non-hydrogen) atoms. The molecule has 2 bridgehead atoms. The lowest BCUT2D eigenvalue weighted by molar-refractivity contribution is -0.126. The van der Waals surface area contributed by atoms with Gasteiger partial charge in [-0.25, -0.2) is 4.39 Å². The predicted molar refractivity (Wildman–Crippen MR) is 158 cm³/mol. The third-order valence-electron chi connectivity index (χ3n) is 8.47. The molecule has 1 amide bonds. The molecule has 1 aromatic carbocycles. The monoisotopic (exact) mass is 651 g/mol. The number of benzene rings is 1. The number of halogens is 4. The van der Waals surface area contributed by atoms with E-state index in [1.807, 2.05) is 7.05 Å². The van der Waals surface area contributed by atoms with Gasteiger partial charge in [0.2, 0.25) is 17.6 Å². The van der Waals surface area contributed by atoms with Gasteiger partial charge in [0.1, 0.15) is 11.7 Å². The molecule has 242 valence electrons. The van der Waals surface area contributed by atoms with Crippen LogP contribution in [0, 0.1) is 0 Å². The van der Waals surface area contributed by atoms with Gasteiger partial charge in [0.25, 0.3) is 5.91 Å². The van der Waals surface area contributed by atoms with E-state index in [-0.39, 0.29) is 52.2 Å². The quantitative estimate of drug-likeness (QED) is 0.220. The number of anilines is 1. The molecule has 0 saturated carbocycles. The van der Waals surface area contributed by atoms with Crippen LogP contribution in [0.5, 0.6) is 5.88 Å². The first-order chi connectivity index (χ1) is 21.6. The van der Waals surface area contributed by atoms with Gasteiger partial charge in [0.15, 0.2) is 0 Å². The van der Waals surface area contributed by atoms with E-state index < -0.39 is 30.7 Å². The molecule has 2 N–H and O–H groups in total. The van der Waals surface area contributed by atoms with Crippen LogP contribution < -0.4 is 15.4 Å². The van der Waals surface area contributed by atoms with E-state index in [1.54, 1.807) is 25.3 Å². The maximum atomic E-state index is 15.5. The molecular weight excluding hydrogens is 618 g/mol. The topological polar surface area (TPSA) is 120 Å². The van der Waals surface area contributed by atoms with Crippen molar-refractivity contribution >= 4 is 33.0 Å². The molecule has 11 nitrogen and oxygen atoms in total. The second-order valence-electron chi connectivity index (χ2n) is 11.3. The van der Waals surface area contributed by atoms with Crippen molar-refractivity contribution in [3.05, 3.63) is 41.4 Å². The second-order valence-corrected chi connectivity index (χ2v) is 12.3. The number of rotatable bonds is 11. The number of thiophene rings is 1. The number of amides is 1. The van der Waals surface area contributed by atoms with Crippen molar-refractivity contribution in [2.45, 2.75) is 69.2 Å². The number of hydrogen-bond donors (Lipinski definition) is 2. The number of piperidine rings is 1. The van der Waals surface area contributed by atoms with Crippen LogP contribution in [0.2, 0.25) is 0 Å². The van der Waals surface area contributed by atoms with Gasteiger partial charge < -0.3 is 24.6 Å². The third kappa shape index (κ3) is 6.35. The van der Waals surface area contributed by atoms with Crippen molar-refractivity contribution in [2.24, 2.45) is 0 Å². The summed E-state index contributed by atoms with van der Waals surface area (Å²) in [6.07, 6.45) is -2.98. The highest BCUT2D eigenvalue weighted by atomic mass is 32.1. The van der Waals surface area contributed by atoms with E-state index in [2.05, 4.69) is 30.8 Å². The van der Waals surface area contributed by atoms with Crippen molar-refractivity contribution < 1.29 is 36.4 Å². The number of carbonyl (C=O) groups excluding carboxylic acids is 1. The average Bonchev–Trinajstić information content (AvgIpc) is 3.78. The molecule has 0 radical (unpaired) electrons. The second kappa shape index (κ2) is 12.6. The highest BCUT2D eigenvalue weighted by Gasteiger charge is 2.46. The Balaban J connectivity index is 1.24. The molecule has 2 aliphatic rings. The summed E-state index contributed by atoms with van der Waals surface area (Å²) >= 11 is 1.10. The lowest BCUT2D eigenvalue weighted by Gasteiger charge is -2.39. The van der Waals surface area contributed by atoms with Gasteiger partial charge in [0, 0.05) is 25.4 Å². The Labute approximate surface area is 259 Å². The minimum Gasteiger partial charge on any atom is -0.479 e. The number of nitrogens with zero attached hydrogens (tertiary/aromatic N) is 5. The van der Waals surface area contributed by atoms with Gasteiger partial charge in [0.05, 0.1) is 54.5 Å². The fraction of sp³-hybridized carbons (Fsp3) is 0.517. The summed E-state index contributed by atoms with van der Waals surface area (Å²) in [4.78, 5) is 19.4. The maximum Gasteiger partial charge on any atom is 0.393 e. The fourth-order valence-corrected chi connectivity index (χ4v) is 7.48. The van der Waals surface area contributed by atoms with Crippen LogP contribution in [0.15, 0.2) is 28.9 Å². The van der Waals surface area contributed by atoms with Crippen molar-refractivity contribution in [1.82, 2.24) is 30.1 Å². The van der Waals surface area contributed by atoms with Crippen LogP contribution in [0.4, 0.5) is 23.2 Å². The number of carbonyl (C=O) groups is 1. The number of ether oxygens (including phenoxy) is 2. The van der Waals surface area contributed by atoms with Gasteiger partial charge in [-0.3, -0.25) is 14.4 Å². The Kier molecular flexibility index (Phi) is 8.72. The van der Waals surface area contributed by atoms with Gasteiger partial charge in [-0.1, -0.05) is 17.3 Å². The van der Waals surface area contributed by atoms with Crippen LogP contribution in [0.1, 0.15) is 41.1 Å².